The average molecular weight is 408 g/mol. The first kappa shape index (κ1) is 18.5. The maximum Gasteiger partial charge on any atom is 0.261 e. The molecule has 0 aliphatic carbocycles. The van der Waals surface area contributed by atoms with Crippen molar-refractivity contribution in [3.63, 3.8) is 0 Å². The molecule has 1 aliphatic rings. The van der Waals surface area contributed by atoms with Gasteiger partial charge in [-0.2, -0.15) is 10.4 Å². The van der Waals surface area contributed by atoms with Gasteiger partial charge in [0.15, 0.2) is 0 Å². The SMILES string of the molecule is N#Cc1cnn(-c2ccccc2NS(=O)(=O)c2ccc3c(c2)CCC(=O)N3)c1N. The van der Waals surface area contributed by atoms with Crippen molar-refractivity contribution in [1.29, 1.82) is 5.26 Å². The Balaban J connectivity index is 1.70. The molecule has 0 unspecified atom stereocenters. The fourth-order valence-corrected chi connectivity index (χ4v) is 4.24. The summed E-state index contributed by atoms with van der Waals surface area (Å²) in [6, 6.07) is 13.1. The lowest BCUT2D eigenvalue weighted by Crippen LogP contribution is -2.20. The Morgan fingerprint density at radius 2 is 2.00 bits per heavy atom. The molecule has 0 spiro atoms. The lowest BCUT2D eigenvalue weighted by atomic mass is 10.0. The second-order valence-corrected chi connectivity index (χ2v) is 8.14. The van der Waals surface area contributed by atoms with E-state index in [0.29, 0.717) is 24.2 Å². The van der Waals surface area contributed by atoms with E-state index in [4.69, 9.17) is 11.0 Å². The number of sulfonamides is 1. The molecule has 3 aromatic rings. The molecule has 0 saturated heterocycles. The third kappa shape index (κ3) is 3.39. The van der Waals surface area contributed by atoms with Gasteiger partial charge in [0.25, 0.3) is 10.0 Å². The maximum absolute atomic E-state index is 13.0. The molecular weight excluding hydrogens is 392 g/mol. The first-order chi connectivity index (χ1) is 13.9. The molecule has 2 heterocycles. The predicted octanol–water partition coefficient (Wildman–Crippen LogP) is 2.01. The van der Waals surface area contributed by atoms with Crippen LogP contribution < -0.4 is 15.8 Å². The number of amides is 1. The van der Waals surface area contributed by atoms with Gasteiger partial charge in [-0.25, -0.2) is 13.1 Å². The zero-order valence-corrected chi connectivity index (χ0v) is 15.9. The highest BCUT2D eigenvalue weighted by molar-refractivity contribution is 7.92. The minimum atomic E-state index is -3.91. The summed E-state index contributed by atoms with van der Waals surface area (Å²) in [6.07, 6.45) is 2.10. The van der Waals surface area contributed by atoms with Gasteiger partial charge in [0, 0.05) is 12.1 Å². The summed E-state index contributed by atoms with van der Waals surface area (Å²) in [5.41, 5.74) is 8.17. The molecule has 1 amide bonds. The van der Waals surface area contributed by atoms with E-state index in [1.54, 1.807) is 36.4 Å². The number of fused-ring (bicyclic) bond motifs is 1. The number of carbonyl (C=O) groups excluding carboxylic acids is 1. The third-order valence-corrected chi connectivity index (χ3v) is 5.95. The summed E-state index contributed by atoms with van der Waals surface area (Å²) < 4.78 is 29.8. The molecule has 0 saturated carbocycles. The number of nitrogens with one attached hydrogen (secondary N) is 2. The monoisotopic (exact) mass is 408 g/mol. The number of hydrogen-bond acceptors (Lipinski definition) is 6. The number of aryl methyl sites for hydroxylation is 1. The Morgan fingerprint density at radius 1 is 1.21 bits per heavy atom. The van der Waals surface area contributed by atoms with Gasteiger partial charge in [0.05, 0.1) is 22.5 Å². The summed E-state index contributed by atoms with van der Waals surface area (Å²) in [4.78, 5) is 11.6. The molecular formula is C19H16N6O3S. The molecule has 0 radical (unpaired) electrons. The molecule has 146 valence electrons. The number of hydrogen-bond donors (Lipinski definition) is 3. The fourth-order valence-electron chi connectivity index (χ4n) is 3.11. The van der Waals surface area contributed by atoms with Crippen molar-refractivity contribution >= 4 is 33.1 Å². The van der Waals surface area contributed by atoms with Crippen molar-refractivity contribution in [3.05, 3.63) is 59.8 Å². The minimum absolute atomic E-state index is 0.0772. The van der Waals surface area contributed by atoms with Crippen LogP contribution in [0.3, 0.4) is 0 Å². The smallest absolute Gasteiger partial charge is 0.261 e. The van der Waals surface area contributed by atoms with Crippen LogP contribution in [0, 0.1) is 11.3 Å². The average Bonchev–Trinajstić information content (AvgIpc) is 3.08. The number of nitriles is 1. The predicted molar refractivity (Wildman–Crippen MR) is 107 cm³/mol. The second-order valence-electron chi connectivity index (χ2n) is 6.46. The van der Waals surface area contributed by atoms with Crippen LogP contribution in [0.4, 0.5) is 17.2 Å². The molecule has 0 fully saturated rings. The van der Waals surface area contributed by atoms with Crippen LogP contribution in [0.25, 0.3) is 5.69 Å². The number of para-hydroxylation sites is 2. The van der Waals surface area contributed by atoms with E-state index in [2.05, 4.69) is 15.1 Å². The van der Waals surface area contributed by atoms with Gasteiger partial charge in [-0.05, 0) is 42.3 Å². The van der Waals surface area contributed by atoms with Gasteiger partial charge in [0.2, 0.25) is 5.91 Å². The van der Waals surface area contributed by atoms with Crippen molar-refractivity contribution in [2.45, 2.75) is 17.7 Å². The molecule has 2 aromatic carbocycles. The van der Waals surface area contributed by atoms with E-state index in [9.17, 15) is 13.2 Å². The summed E-state index contributed by atoms with van der Waals surface area (Å²) in [5.74, 6) is 0.0254. The van der Waals surface area contributed by atoms with Crippen LogP contribution in [-0.4, -0.2) is 24.1 Å². The number of nitrogen functional groups attached to an aromatic ring is 1. The number of benzene rings is 2. The molecule has 9 nitrogen and oxygen atoms in total. The highest BCUT2D eigenvalue weighted by Crippen LogP contribution is 2.29. The van der Waals surface area contributed by atoms with Gasteiger partial charge < -0.3 is 11.1 Å². The largest absolute Gasteiger partial charge is 0.382 e. The van der Waals surface area contributed by atoms with Crippen molar-refractivity contribution in [1.82, 2.24) is 9.78 Å². The zero-order chi connectivity index (χ0) is 20.6. The maximum atomic E-state index is 13.0. The van der Waals surface area contributed by atoms with Gasteiger partial charge in [0.1, 0.15) is 17.5 Å². The summed E-state index contributed by atoms with van der Waals surface area (Å²) in [6.45, 7) is 0. The Labute approximate surface area is 166 Å². The third-order valence-electron chi connectivity index (χ3n) is 4.59. The summed E-state index contributed by atoms with van der Waals surface area (Å²) in [5, 5.41) is 15.9. The molecule has 1 aromatic heterocycles. The van der Waals surface area contributed by atoms with Crippen molar-refractivity contribution in [2.24, 2.45) is 0 Å². The van der Waals surface area contributed by atoms with E-state index in [1.165, 1.54) is 16.9 Å². The Kier molecular flexibility index (Phi) is 4.44. The van der Waals surface area contributed by atoms with E-state index in [1.807, 2.05) is 6.07 Å². The summed E-state index contributed by atoms with van der Waals surface area (Å²) in [7, 11) is -3.91. The Bertz CT molecular complexity index is 1270. The fraction of sp³-hybridized carbons (Fsp3) is 0.105. The van der Waals surface area contributed by atoms with E-state index in [0.717, 1.165) is 5.56 Å². The summed E-state index contributed by atoms with van der Waals surface area (Å²) >= 11 is 0. The lowest BCUT2D eigenvalue weighted by Gasteiger charge is -2.18. The van der Waals surface area contributed by atoms with E-state index >= 15 is 0 Å². The first-order valence-electron chi connectivity index (χ1n) is 8.67. The molecule has 4 N–H and O–H groups in total. The number of anilines is 3. The highest BCUT2D eigenvalue weighted by Gasteiger charge is 2.22. The standard InChI is InChI=1S/C19H16N6O3S/c20-10-13-11-22-25(19(13)21)17-4-2-1-3-16(17)24-29(27,28)14-6-7-15-12(9-14)5-8-18(26)23-15/h1-4,6-7,9,11,24H,5,8,21H2,(H,23,26). The number of rotatable bonds is 4. The minimum Gasteiger partial charge on any atom is -0.382 e. The van der Waals surface area contributed by atoms with Crippen molar-refractivity contribution < 1.29 is 13.2 Å². The van der Waals surface area contributed by atoms with Crippen LogP contribution >= 0.6 is 0 Å². The van der Waals surface area contributed by atoms with Crippen LogP contribution in [0.1, 0.15) is 17.5 Å². The van der Waals surface area contributed by atoms with Gasteiger partial charge in [-0.1, -0.05) is 12.1 Å². The Morgan fingerprint density at radius 3 is 2.76 bits per heavy atom. The molecule has 0 bridgehead atoms. The lowest BCUT2D eigenvalue weighted by molar-refractivity contribution is -0.116. The van der Waals surface area contributed by atoms with E-state index in [-0.39, 0.29) is 27.9 Å². The Hall–Kier alpha value is -3.84. The number of aromatic nitrogens is 2. The highest BCUT2D eigenvalue weighted by atomic mass is 32.2. The molecule has 1 aliphatic heterocycles. The van der Waals surface area contributed by atoms with Crippen molar-refractivity contribution in [3.8, 4) is 11.8 Å². The van der Waals surface area contributed by atoms with Crippen LogP contribution in [-0.2, 0) is 21.2 Å². The van der Waals surface area contributed by atoms with Crippen LogP contribution in [0.5, 0.6) is 0 Å². The number of carbonyl (C=O) groups is 1. The van der Waals surface area contributed by atoms with E-state index < -0.39 is 10.0 Å². The van der Waals surface area contributed by atoms with Gasteiger partial charge >= 0.3 is 0 Å². The number of nitrogens with two attached hydrogens (primary N) is 1. The van der Waals surface area contributed by atoms with Gasteiger partial charge in [-0.3, -0.25) is 9.52 Å². The quantitative estimate of drug-likeness (QED) is 0.602. The normalized spacial score (nSPS) is 13.3. The topological polar surface area (TPSA) is 143 Å². The second kappa shape index (κ2) is 6.96. The zero-order valence-electron chi connectivity index (χ0n) is 15.1. The first-order valence-corrected chi connectivity index (χ1v) is 10.2. The van der Waals surface area contributed by atoms with Crippen molar-refractivity contribution in [2.75, 3.05) is 15.8 Å². The molecule has 29 heavy (non-hydrogen) atoms. The molecule has 4 rings (SSSR count). The van der Waals surface area contributed by atoms with Crippen LogP contribution in [0.2, 0.25) is 0 Å². The van der Waals surface area contributed by atoms with Crippen LogP contribution in [0.15, 0.2) is 53.6 Å². The number of nitrogens with zero attached hydrogens (tertiary/aromatic N) is 3. The molecule has 10 heteroatoms. The van der Waals surface area contributed by atoms with Gasteiger partial charge in [-0.15, -0.1) is 0 Å². The molecule has 0 atom stereocenters.